The summed E-state index contributed by atoms with van der Waals surface area (Å²) in [7, 11) is 0. The van der Waals surface area contributed by atoms with Gasteiger partial charge in [0.25, 0.3) is 0 Å². The summed E-state index contributed by atoms with van der Waals surface area (Å²) in [5.74, 6) is 6.66. The third kappa shape index (κ3) is 1.98. The zero-order chi connectivity index (χ0) is 16.0. The van der Waals surface area contributed by atoms with Crippen LogP contribution in [0.4, 0.5) is 0 Å². The van der Waals surface area contributed by atoms with E-state index >= 15 is 0 Å². The van der Waals surface area contributed by atoms with Gasteiger partial charge in [0.05, 0.1) is 11.4 Å². The van der Waals surface area contributed by atoms with Gasteiger partial charge in [-0.3, -0.25) is 10.6 Å². The molecule has 0 fully saturated rings. The van der Waals surface area contributed by atoms with Crippen molar-refractivity contribution in [2.24, 2.45) is 0 Å². The van der Waals surface area contributed by atoms with Gasteiger partial charge in [-0.1, -0.05) is 26.0 Å². The molecule has 1 aromatic carbocycles. The van der Waals surface area contributed by atoms with Crippen molar-refractivity contribution in [1.29, 1.82) is 0 Å². The van der Waals surface area contributed by atoms with Crippen LogP contribution in [0.5, 0.6) is 0 Å². The lowest BCUT2D eigenvalue weighted by atomic mass is 10.1. The van der Waals surface area contributed by atoms with Crippen molar-refractivity contribution in [2.75, 3.05) is 5.84 Å². The van der Waals surface area contributed by atoms with Gasteiger partial charge in [0.2, 0.25) is 5.43 Å². The molecule has 0 saturated carbocycles. The van der Waals surface area contributed by atoms with Crippen LogP contribution in [0.15, 0.2) is 41.2 Å². The largest absolute Gasteiger partial charge is 0.316 e. The molecular formula is C18H22N3O+. The molecule has 0 unspecified atom stereocenters. The van der Waals surface area contributed by atoms with Crippen molar-refractivity contribution in [3.8, 4) is 0 Å². The minimum atomic E-state index is 0.0389. The number of nitrogens with two attached hydrogens (primary N) is 1. The van der Waals surface area contributed by atoms with E-state index in [0.29, 0.717) is 5.39 Å². The van der Waals surface area contributed by atoms with E-state index in [9.17, 15) is 4.79 Å². The molecule has 0 saturated heterocycles. The third-order valence-corrected chi connectivity index (χ3v) is 4.16. The number of pyridine rings is 2. The number of hydrogen-bond donors (Lipinski definition) is 1. The Hall–Kier alpha value is -2.36. The van der Waals surface area contributed by atoms with Gasteiger partial charge < -0.3 is 0 Å². The first kappa shape index (κ1) is 14.6. The first-order valence-electron chi connectivity index (χ1n) is 7.70. The van der Waals surface area contributed by atoms with E-state index in [4.69, 9.17) is 5.84 Å². The summed E-state index contributed by atoms with van der Waals surface area (Å²) in [6.45, 7) is 8.42. The SMILES string of the molecule is CC(C)c1ccc2c(=O)c3ccccc3n(C(C)C)c2[n+]1N. The average Bonchev–Trinajstić information content (AvgIpc) is 2.48. The van der Waals surface area contributed by atoms with Crippen LogP contribution < -0.4 is 15.9 Å². The lowest BCUT2D eigenvalue weighted by Crippen LogP contribution is -2.51. The molecule has 114 valence electrons. The normalized spacial score (nSPS) is 11.9. The Morgan fingerprint density at radius 2 is 1.68 bits per heavy atom. The topological polar surface area (TPSA) is 51.9 Å². The van der Waals surface area contributed by atoms with Crippen molar-refractivity contribution >= 4 is 21.9 Å². The van der Waals surface area contributed by atoms with E-state index in [1.54, 1.807) is 4.68 Å². The van der Waals surface area contributed by atoms with E-state index in [0.717, 1.165) is 22.2 Å². The van der Waals surface area contributed by atoms with Crippen LogP contribution in [0.2, 0.25) is 0 Å². The number of rotatable bonds is 2. The van der Waals surface area contributed by atoms with Crippen LogP contribution in [-0.4, -0.2) is 4.57 Å². The number of nitrogens with zero attached hydrogens (tertiary/aromatic N) is 2. The molecule has 3 rings (SSSR count). The Kier molecular flexibility index (Phi) is 3.39. The molecule has 3 aromatic rings. The fraction of sp³-hybridized carbons (Fsp3) is 0.333. The molecule has 0 radical (unpaired) electrons. The first-order chi connectivity index (χ1) is 10.4. The fourth-order valence-corrected chi connectivity index (χ4v) is 3.13. The Bertz CT molecular complexity index is 923. The van der Waals surface area contributed by atoms with Gasteiger partial charge in [-0.25, -0.2) is 4.57 Å². The van der Waals surface area contributed by atoms with Gasteiger partial charge in [0, 0.05) is 5.92 Å². The molecule has 0 aliphatic heterocycles. The van der Waals surface area contributed by atoms with Gasteiger partial charge in [-0.15, -0.1) is 4.68 Å². The van der Waals surface area contributed by atoms with Crippen LogP contribution in [0, 0.1) is 0 Å². The summed E-state index contributed by atoms with van der Waals surface area (Å²) in [6, 6.07) is 11.8. The van der Waals surface area contributed by atoms with Crippen LogP contribution in [0.25, 0.3) is 21.9 Å². The highest BCUT2D eigenvalue weighted by Crippen LogP contribution is 2.22. The minimum Gasteiger partial charge on any atom is -0.288 e. The Morgan fingerprint density at radius 3 is 2.32 bits per heavy atom. The summed E-state index contributed by atoms with van der Waals surface area (Å²) >= 11 is 0. The Morgan fingerprint density at radius 1 is 1.00 bits per heavy atom. The van der Waals surface area contributed by atoms with Crippen molar-refractivity contribution in [2.45, 2.75) is 39.7 Å². The molecule has 0 spiro atoms. The van der Waals surface area contributed by atoms with Crippen LogP contribution in [0.1, 0.15) is 45.3 Å². The number of fused-ring (bicyclic) bond motifs is 2. The summed E-state index contributed by atoms with van der Waals surface area (Å²) in [5.41, 5.74) is 2.76. The monoisotopic (exact) mass is 296 g/mol. The second-order valence-electron chi connectivity index (χ2n) is 6.33. The molecule has 0 amide bonds. The summed E-state index contributed by atoms with van der Waals surface area (Å²) in [4.78, 5) is 12.8. The molecule has 2 heterocycles. The number of hydrogen-bond acceptors (Lipinski definition) is 2. The van der Waals surface area contributed by atoms with E-state index in [1.165, 1.54) is 0 Å². The average molecular weight is 296 g/mol. The van der Waals surface area contributed by atoms with Crippen LogP contribution in [-0.2, 0) is 0 Å². The predicted molar refractivity (Wildman–Crippen MR) is 90.5 cm³/mol. The maximum atomic E-state index is 12.8. The predicted octanol–water partition coefficient (Wildman–Crippen LogP) is 2.86. The van der Waals surface area contributed by atoms with Gasteiger partial charge in [-0.2, -0.15) is 0 Å². The zero-order valence-corrected chi connectivity index (χ0v) is 13.5. The molecule has 0 aliphatic carbocycles. The van der Waals surface area contributed by atoms with E-state index in [-0.39, 0.29) is 17.4 Å². The fourth-order valence-electron chi connectivity index (χ4n) is 3.13. The lowest BCUT2D eigenvalue weighted by molar-refractivity contribution is -0.624. The van der Waals surface area contributed by atoms with Crippen molar-refractivity contribution in [3.63, 3.8) is 0 Å². The van der Waals surface area contributed by atoms with Crippen LogP contribution in [0.3, 0.4) is 0 Å². The maximum Gasteiger partial charge on any atom is 0.316 e. The van der Waals surface area contributed by atoms with E-state index in [1.807, 2.05) is 36.4 Å². The Labute approximate surface area is 129 Å². The zero-order valence-electron chi connectivity index (χ0n) is 13.5. The second kappa shape index (κ2) is 5.13. The molecule has 0 bridgehead atoms. The highest BCUT2D eigenvalue weighted by atomic mass is 16.1. The number of aromatic nitrogens is 2. The summed E-state index contributed by atoms with van der Waals surface area (Å²) in [6.07, 6.45) is 0. The highest BCUT2D eigenvalue weighted by molar-refractivity contribution is 5.90. The lowest BCUT2D eigenvalue weighted by Gasteiger charge is -2.15. The smallest absolute Gasteiger partial charge is 0.288 e. The second-order valence-corrected chi connectivity index (χ2v) is 6.33. The highest BCUT2D eigenvalue weighted by Gasteiger charge is 2.24. The number of para-hydroxylation sites is 1. The Balaban J connectivity index is 2.64. The maximum absolute atomic E-state index is 12.8. The van der Waals surface area contributed by atoms with Crippen LogP contribution >= 0.6 is 0 Å². The molecular weight excluding hydrogens is 274 g/mol. The first-order valence-corrected chi connectivity index (χ1v) is 7.70. The van der Waals surface area contributed by atoms with Gasteiger partial charge in [-0.05, 0) is 38.1 Å². The van der Waals surface area contributed by atoms with E-state index in [2.05, 4.69) is 32.3 Å². The number of nitrogen functional groups attached to an aromatic ring is 1. The van der Waals surface area contributed by atoms with Crippen molar-refractivity contribution in [3.05, 3.63) is 52.3 Å². The van der Waals surface area contributed by atoms with Gasteiger partial charge in [0.15, 0.2) is 0 Å². The standard InChI is InChI=1S/C18H22N3O/c1-11(2)15-10-9-14-17(22)13-7-5-6-8-16(13)20(12(3)4)18(14)21(15)19/h5-12H,19H2,1-4H3/q+1. The summed E-state index contributed by atoms with van der Waals surface area (Å²) in [5, 5.41) is 1.40. The molecule has 4 heteroatoms. The molecule has 2 N–H and O–H groups in total. The minimum absolute atomic E-state index is 0.0389. The van der Waals surface area contributed by atoms with Crippen molar-refractivity contribution in [1.82, 2.24) is 4.57 Å². The third-order valence-electron chi connectivity index (χ3n) is 4.16. The van der Waals surface area contributed by atoms with E-state index < -0.39 is 0 Å². The van der Waals surface area contributed by atoms with Gasteiger partial charge in [0.1, 0.15) is 16.6 Å². The summed E-state index contributed by atoms with van der Waals surface area (Å²) < 4.78 is 3.83. The molecule has 2 aromatic heterocycles. The van der Waals surface area contributed by atoms with Crippen molar-refractivity contribution < 1.29 is 4.68 Å². The quantitative estimate of drug-likeness (QED) is 0.449. The molecule has 0 atom stereocenters. The molecule has 4 nitrogen and oxygen atoms in total. The number of benzene rings is 1. The van der Waals surface area contributed by atoms with Gasteiger partial charge >= 0.3 is 5.65 Å². The molecule has 0 aliphatic rings. The molecule has 22 heavy (non-hydrogen) atoms.